The predicted molar refractivity (Wildman–Crippen MR) is 71.7 cm³/mol. The first-order chi connectivity index (χ1) is 9.51. The van der Waals surface area contributed by atoms with Crippen molar-refractivity contribution in [2.75, 3.05) is 5.32 Å². The molecule has 2 rings (SSSR count). The fourth-order valence-electron chi connectivity index (χ4n) is 1.69. The summed E-state index contributed by atoms with van der Waals surface area (Å²) in [6.07, 6.45) is 1.94. The lowest BCUT2D eigenvalue weighted by Crippen LogP contribution is -2.16. The van der Waals surface area contributed by atoms with Gasteiger partial charge in [-0.3, -0.25) is 9.48 Å². The SMILES string of the molecule is CCc1cc(C(=O)Nc2ccc(C(=O)O)cn2)n(C)n1. The molecule has 0 saturated heterocycles. The molecule has 0 bridgehead atoms. The van der Waals surface area contributed by atoms with Crippen LogP contribution in [-0.2, 0) is 13.5 Å². The minimum absolute atomic E-state index is 0.0665. The number of aromatic carboxylic acids is 1. The van der Waals surface area contributed by atoms with Crippen LogP contribution in [0, 0.1) is 0 Å². The second-order valence-corrected chi connectivity index (χ2v) is 4.19. The third-order valence-corrected chi connectivity index (χ3v) is 2.78. The van der Waals surface area contributed by atoms with Crippen molar-refractivity contribution in [2.24, 2.45) is 7.05 Å². The number of carboxylic acids is 1. The first-order valence-corrected chi connectivity index (χ1v) is 6.05. The zero-order valence-electron chi connectivity index (χ0n) is 11.1. The Labute approximate surface area is 115 Å². The first-order valence-electron chi connectivity index (χ1n) is 6.05. The van der Waals surface area contributed by atoms with Crippen molar-refractivity contribution in [1.29, 1.82) is 0 Å². The van der Waals surface area contributed by atoms with Crippen molar-refractivity contribution in [3.8, 4) is 0 Å². The zero-order valence-corrected chi connectivity index (χ0v) is 11.1. The molecule has 0 aliphatic heterocycles. The number of amides is 1. The van der Waals surface area contributed by atoms with Gasteiger partial charge in [-0.2, -0.15) is 5.10 Å². The van der Waals surface area contributed by atoms with E-state index in [4.69, 9.17) is 5.11 Å². The number of aromatic nitrogens is 3. The Bertz CT molecular complexity index is 646. The Morgan fingerprint density at radius 3 is 2.65 bits per heavy atom. The van der Waals surface area contributed by atoms with Gasteiger partial charge < -0.3 is 10.4 Å². The highest BCUT2D eigenvalue weighted by Crippen LogP contribution is 2.09. The Kier molecular flexibility index (Phi) is 3.79. The minimum atomic E-state index is -1.06. The van der Waals surface area contributed by atoms with E-state index in [-0.39, 0.29) is 11.5 Å². The molecule has 0 unspecified atom stereocenters. The van der Waals surface area contributed by atoms with Crippen molar-refractivity contribution in [2.45, 2.75) is 13.3 Å². The van der Waals surface area contributed by atoms with Gasteiger partial charge in [0.05, 0.1) is 11.3 Å². The molecule has 0 aliphatic carbocycles. The number of hydrogen-bond acceptors (Lipinski definition) is 4. The molecule has 7 heteroatoms. The Hall–Kier alpha value is -2.70. The maximum Gasteiger partial charge on any atom is 0.337 e. The van der Waals surface area contributed by atoms with Gasteiger partial charge in [-0.25, -0.2) is 9.78 Å². The molecule has 104 valence electrons. The average molecular weight is 274 g/mol. The monoisotopic (exact) mass is 274 g/mol. The van der Waals surface area contributed by atoms with Crippen LogP contribution in [0.2, 0.25) is 0 Å². The Morgan fingerprint density at radius 1 is 1.40 bits per heavy atom. The summed E-state index contributed by atoms with van der Waals surface area (Å²) in [4.78, 5) is 26.6. The molecule has 2 heterocycles. The molecule has 2 aromatic rings. The lowest BCUT2D eigenvalue weighted by Gasteiger charge is -2.04. The maximum absolute atomic E-state index is 12.1. The molecule has 0 aromatic carbocycles. The summed E-state index contributed by atoms with van der Waals surface area (Å²) >= 11 is 0. The fourth-order valence-corrected chi connectivity index (χ4v) is 1.69. The van der Waals surface area contributed by atoms with Gasteiger partial charge in [0.1, 0.15) is 11.5 Å². The summed E-state index contributed by atoms with van der Waals surface area (Å²) in [6.45, 7) is 1.95. The van der Waals surface area contributed by atoms with Gasteiger partial charge in [-0.1, -0.05) is 6.92 Å². The van der Waals surface area contributed by atoms with E-state index in [1.54, 1.807) is 13.1 Å². The third kappa shape index (κ3) is 2.82. The van der Waals surface area contributed by atoms with Crippen LogP contribution in [-0.4, -0.2) is 31.7 Å². The van der Waals surface area contributed by atoms with Gasteiger partial charge in [0.15, 0.2) is 0 Å². The molecule has 7 nitrogen and oxygen atoms in total. The number of rotatable bonds is 4. The van der Waals surface area contributed by atoms with Crippen LogP contribution in [0.1, 0.15) is 33.5 Å². The van der Waals surface area contributed by atoms with Gasteiger partial charge >= 0.3 is 5.97 Å². The summed E-state index contributed by atoms with van der Waals surface area (Å²) in [5.41, 5.74) is 1.31. The molecule has 0 spiro atoms. The highest BCUT2D eigenvalue weighted by Gasteiger charge is 2.13. The molecule has 20 heavy (non-hydrogen) atoms. The topological polar surface area (TPSA) is 97.1 Å². The van der Waals surface area contributed by atoms with Crippen molar-refractivity contribution in [3.63, 3.8) is 0 Å². The van der Waals surface area contributed by atoms with Gasteiger partial charge in [0.25, 0.3) is 5.91 Å². The third-order valence-electron chi connectivity index (χ3n) is 2.78. The van der Waals surface area contributed by atoms with Crippen molar-refractivity contribution in [1.82, 2.24) is 14.8 Å². The van der Waals surface area contributed by atoms with Crippen LogP contribution in [0.3, 0.4) is 0 Å². The van der Waals surface area contributed by atoms with Crippen molar-refractivity contribution < 1.29 is 14.7 Å². The summed E-state index contributed by atoms with van der Waals surface area (Å²) in [5.74, 6) is -1.11. The van der Waals surface area contributed by atoms with E-state index >= 15 is 0 Å². The van der Waals surface area contributed by atoms with E-state index in [0.717, 1.165) is 12.1 Å². The van der Waals surface area contributed by atoms with E-state index in [9.17, 15) is 9.59 Å². The Balaban J connectivity index is 2.14. The molecule has 1 amide bonds. The number of carbonyl (C=O) groups excluding carboxylic acids is 1. The van der Waals surface area contributed by atoms with E-state index in [1.165, 1.54) is 23.0 Å². The van der Waals surface area contributed by atoms with Gasteiger partial charge in [0.2, 0.25) is 0 Å². The Morgan fingerprint density at radius 2 is 2.15 bits per heavy atom. The van der Waals surface area contributed by atoms with Crippen molar-refractivity contribution in [3.05, 3.63) is 41.3 Å². The molecule has 0 atom stereocenters. The van der Waals surface area contributed by atoms with E-state index < -0.39 is 5.97 Å². The lowest BCUT2D eigenvalue weighted by atomic mass is 10.3. The standard InChI is InChI=1S/C13H14N4O3/c1-3-9-6-10(17(2)16-9)12(18)15-11-5-4-8(7-14-11)13(19)20/h4-7H,3H2,1-2H3,(H,19,20)(H,14,15,18). The molecule has 2 aromatic heterocycles. The van der Waals surface area contributed by atoms with Crippen LogP contribution in [0.5, 0.6) is 0 Å². The summed E-state index contributed by atoms with van der Waals surface area (Å²) < 4.78 is 1.50. The first kappa shape index (κ1) is 13.7. The van der Waals surface area contributed by atoms with Crippen LogP contribution >= 0.6 is 0 Å². The highest BCUT2D eigenvalue weighted by atomic mass is 16.4. The summed E-state index contributed by atoms with van der Waals surface area (Å²) in [5, 5.41) is 15.5. The van der Waals surface area contributed by atoms with Crippen LogP contribution in [0.15, 0.2) is 24.4 Å². The van der Waals surface area contributed by atoms with Crippen LogP contribution in [0.25, 0.3) is 0 Å². The number of nitrogens with one attached hydrogen (secondary N) is 1. The number of nitrogens with zero attached hydrogens (tertiary/aromatic N) is 3. The lowest BCUT2D eigenvalue weighted by molar-refractivity contribution is 0.0696. The van der Waals surface area contributed by atoms with Crippen molar-refractivity contribution >= 4 is 17.7 Å². The van der Waals surface area contributed by atoms with Crippen LogP contribution in [0.4, 0.5) is 5.82 Å². The molecule has 0 saturated carbocycles. The number of aryl methyl sites for hydroxylation is 2. The maximum atomic E-state index is 12.1. The van der Waals surface area contributed by atoms with E-state index in [1.807, 2.05) is 6.92 Å². The average Bonchev–Trinajstić information content (AvgIpc) is 2.80. The largest absolute Gasteiger partial charge is 0.478 e. The highest BCUT2D eigenvalue weighted by molar-refractivity contribution is 6.02. The van der Waals surface area contributed by atoms with Gasteiger partial charge in [-0.15, -0.1) is 0 Å². The van der Waals surface area contributed by atoms with Gasteiger partial charge in [0, 0.05) is 13.2 Å². The summed E-state index contributed by atoms with van der Waals surface area (Å²) in [7, 11) is 1.69. The molecule has 0 fully saturated rings. The zero-order chi connectivity index (χ0) is 14.7. The van der Waals surface area contributed by atoms with Crippen LogP contribution < -0.4 is 5.32 Å². The summed E-state index contributed by atoms with van der Waals surface area (Å²) in [6, 6.07) is 4.53. The van der Waals surface area contributed by atoms with Gasteiger partial charge in [-0.05, 0) is 24.6 Å². The molecule has 0 radical (unpaired) electrons. The second-order valence-electron chi connectivity index (χ2n) is 4.19. The number of pyridine rings is 1. The number of carbonyl (C=O) groups is 2. The smallest absolute Gasteiger partial charge is 0.337 e. The molecule has 0 aliphatic rings. The van der Waals surface area contributed by atoms with E-state index in [2.05, 4.69) is 15.4 Å². The fraction of sp³-hybridized carbons (Fsp3) is 0.231. The second kappa shape index (κ2) is 5.52. The molecule has 2 N–H and O–H groups in total. The number of carboxylic acid groups (broad SMARTS) is 1. The number of anilines is 1. The quantitative estimate of drug-likeness (QED) is 0.876. The molecular formula is C13H14N4O3. The minimum Gasteiger partial charge on any atom is -0.478 e. The molecular weight excluding hydrogens is 260 g/mol. The normalized spacial score (nSPS) is 10.3. The van der Waals surface area contributed by atoms with E-state index in [0.29, 0.717) is 11.5 Å². The predicted octanol–water partition coefficient (Wildman–Crippen LogP) is 1.33. The number of hydrogen-bond donors (Lipinski definition) is 2.